The molecule has 1 rings (SSSR count). The molecular weight excluding hydrogens is 296 g/mol. The zero-order valence-corrected chi connectivity index (χ0v) is 11.6. The Morgan fingerprint density at radius 3 is 2.36 bits per heavy atom. The van der Waals surface area contributed by atoms with E-state index in [1.54, 1.807) is 0 Å². The minimum Gasteiger partial charge on any atom is -0.508 e. The molecule has 9 nitrogen and oxygen atoms in total. The fourth-order valence-corrected chi connectivity index (χ4v) is 1.78. The Balaban J connectivity index is 2.67. The molecule has 4 atom stereocenters. The summed E-state index contributed by atoms with van der Waals surface area (Å²) >= 11 is 0. The van der Waals surface area contributed by atoms with Crippen LogP contribution in [0.5, 0.6) is 5.75 Å². The van der Waals surface area contributed by atoms with Crippen molar-refractivity contribution >= 4 is 11.7 Å². The molecule has 0 spiro atoms. The monoisotopic (exact) mass is 316 g/mol. The van der Waals surface area contributed by atoms with E-state index in [-0.39, 0.29) is 23.5 Å². The van der Waals surface area contributed by atoms with Gasteiger partial charge in [-0.1, -0.05) is 0 Å². The van der Waals surface area contributed by atoms with Crippen LogP contribution in [0, 0.1) is 0 Å². The summed E-state index contributed by atoms with van der Waals surface area (Å²) in [4.78, 5) is 10.9. The topological polar surface area (TPSA) is 176 Å². The predicted octanol–water partition coefficient (Wildman–Crippen LogP) is -2.10. The number of hydrogen-bond acceptors (Lipinski definition) is 8. The van der Waals surface area contributed by atoms with E-state index in [4.69, 9.17) is 15.9 Å². The summed E-state index contributed by atoms with van der Waals surface area (Å²) in [6.45, 7) is -0.800. The normalized spacial score (nSPS) is 16.6. The average molecular weight is 316 g/mol. The summed E-state index contributed by atoms with van der Waals surface area (Å²) in [7, 11) is 0. The van der Waals surface area contributed by atoms with E-state index in [0.29, 0.717) is 0 Å². The number of carboxylic acids is 1. The molecule has 9 heteroatoms. The molecule has 0 aliphatic rings. The van der Waals surface area contributed by atoms with Crippen molar-refractivity contribution in [2.45, 2.75) is 24.4 Å². The Morgan fingerprint density at radius 2 is 1.82 bits per heavy atom. The van der Waals surface area contributed by atoms with Gasteiger partial charge in [-0.05, 0) is 12.1 Å². The molecule has 0 unspecified atom stereocenters. The lowest BCUT2D eigenvalue weighted by atomic mass is 10.0. The molecule has 1 aromatic rings. The van der Waals surface area contributed by atoms with Crippen LogP contribution in [0.1, 0.15) is 10.4 Å². The smallest absolute Gasteiger partial charge is 0.335 e. The van der Waals surface area contributed by atoms with Crippen molar-refractivity contribution in [1.29, 1.82) is 0 Å². The van der Waals surface area contributed by atoms with E-state index in [1.165, 1.54) is 12.1 Å². The summed E-state index contributed by atoms with van der Waals surface area (Å²) in [6, 6.07) is 2.60. The highest BCUT2D eigenvalue weighted by Crippen LogP contribution is 2.20. The number of hydrogen-bond donors (Lipinski definition) is 8. The molecule has 124 valence electrons. The molecule has 0 amide bonds. The van der Waals surface area contributed by atoms with Crippen molar-refractivity contribution < 1.29 is 35.4 Å². The van der Waals surface area contributed by atoms with Gasteiger partial charge in [-0.3, -0.25) is 0 Å². The Kier molecular flexibility index (Phi) is 6.53. The highest BCUT2D eigenvalue weighted by molar-refractivity contribution is 5.89. The van der Waals surface area contributed by atoms with Crippen LogP contribution in [0.25, 0.3) is 0 Å². The number of phenolic OH excluding ortho intramolecular Hbond substituents is 1. The number of nitrogens with one attached hydrogen (secondary N) is 1. The first-order valence-corrected chi connectivity index (χ1v) is 6.48. The molecule has 0 aromatic heterocycles. The van der Waals surface area contributed by atoms with Crippen LogP contribution >= 0.6 is 0 Å². The summed E-state index contributed by atoms with van der Waals surface area (Å²) in [5, 5.41) is 58.2. The lowest BCUT2D eigenvalue weighted by Gasteiger charge is -2.26. The van der Waals surface area contributed by atoms with Crippen LogP contribution < -0.4 is 11.1 Å². The molecular formula is C13H20N2O7. The Hall–Kier alpha value is -1.91. The zero-order chi connectivity index (χ0) is 16.9. The highest BCUT2D eigenvalue weighted by atomic mass is 16.4. The first-order chi connectivity index (χ1) is 10.3. The number of aliphatic hydroxyl groups excluding tert-OH is 4. The van der Waals surface area contributed by atoms with Crippen LogP contribution in [0.4, 0.5) is 5.69 Å². The van der Waals surface area contributed by atoms with Crippen LogP contribution in [-0.2, 0) is 0 Å². The fourth-order valence-electron chi connectivity index (χ4n) is 1.78. The third-order valence-corrected chi connectivity index (χ3v) is 3.08. The van der Waals surface area contributed by atoms with Gasteiger partial charge in [-0.25, -0.2) is 4.79 Å². The van der Waals surface area contributed by atoms with Gasteiger partial charge >= 0.3 is 5.97 Å². The molecule has 0 aliphatic heterocycles. The van der Waals surface area contributed by atoms with Gasteiger partial charge in [0.25, 0.3) is 0 Å². The molecule has 0 fully saturated rings. The van der Waals surface area contributed by atoms with E-state index in [9.17, 15) is 25.2 Å². The van der Waals surface area contributed by atoms with Gasteiger partial charge in [0.2, 0.25) is 0 Å². The number of aromatic hydroxyl groups is 1. The number of carbonyl (C=O) groups is 1. The van der Waals surface area contributed by atoms with Crippen LogP contribution in [0.2, 0.25) is 0 Å². The number of aromatic carboxylic acids is 1. The fraction of sp³-hybridized carbons (Fsp3) is 0.462. The van der Waals surface area contributed by atoms with Crippen LogP contribution in [-0.4, -0.2) is 74.1 Å². The first kappa shape index (κ1) is 18.1. The minimum atomic E-state index is -1.62. The van der Waals surface area contributed by atoms with Gasteiger partial charge in [0, 0.05) is 18.3 Å². The van der Waals surface area contributed by atoms with Crippen LogP contribution in [0.3, 0.4) is 0 Å². The standard InChI is InChI=1S/C13H20N2O7/c14-9(11(19)12(20)10(18)5-16)4-15-7-1-6(13(21)22)2-8(17)3-7/h1-3,9-12,15-20H,4-5,14H2,(H,21,22)/t9-,10+,11+,12+/m0/s1. The van der Waals surface area contributed by atoms with Gasteiger partial charge in [-0.2, -0.15) is 0 Å². The molecule has 22 heavy (non-hydrogen) atoms. The number of aliphatic hydroxyl groups is 4. The summed E-state index contributed by atoms with van der Waals surface area (Å²) < 4.78 is 0. The van der Waals surface area contributed by atoms with Gasteiger partial charge in [0.05, 0.1) is 24.3 Å². The molecule has 0 radical (unpaired) electrons. The Morgan fingerprint density at radius 1 is 1.18 bits per heavy atom. The lowest BCUT2D eigenvalue weighted by Crippen LogP contribution is -2.51. The van der Waals surface area contributed by atoms with Crippen molar-refractivity contribution in [3.05, 3.63) is 23.8 Å². The average Bonchev–Trinajstić information content (AvgIpc) is 2.49. The largest absolute Gasteiger partial charge is 0.508 e. The maximum absolute atomic E-state index is 10.9. The van der Waals surface area contributed by atoms with Crippen molar-refractivity contribution in [2.24, 2.45) is 5.73 Å². The number of nitrogens with two attached hydrogens (primary N) is 1. The first-order valence-electron chi connectivity index (χ1n) is 6.48. The second-order valence-electron chi connectivity index (χ2n) is 4.85. The molecule has 9 N–H and O–H groups in total. The molecule has 0 bridgehead atoms. The van der Waals surface area contributed by atoms with Crippen molar-refractivity contribution in [3.8, 4) is 5.75 Å². The van der Waals surface area contributed by atoms with Crippen molar-refractivity contribution in [1.82, 2.24) is 0 Å². The van der Waals surface area contributed by atoms with Gasteiger partial charge < -0.3 is 41.7 Å². The number of anilines is 1. The van der Waals surface area contributed by atoms with Gasteiger partial charge in [-0.15, -0.1) is 0 Å². The van der Waals surface area contributed by atoms with E-state index in [0.717, 1.165) is 6.07 Å². The van der Waals surface area contributed by atoms with E-state index >= 15 is 0 Å². The number of benzene rings is 1. The number of rotatable bonds is 8. The second kappa shape index (κ2) is 7.92. The van der Waals surface area contributed by atoms with Crippen LogP contribution in [0.15, 0.2) is 18.2 Å². The van der Waals surface area contributed by atoms with E-state index < -0.39 is 36.9 Å². The number of carboxylic acid groups (broad SMARTS) is 1. The molecule has 0 saturated carbocycles. The SMILES string of the molecule is N[C@@H](CNc1cc(O)cc(C(=O)O)c1)[C@@H](O)[C@H](O)[C@H](O)CO. The highest BCUT2D eigenvalue weighted by Gasteiger charge is 2.28. The predicted molar refractivity (Wildman–Crippen MR) is 76.6 cm³/mol. The lowest BCUT2D eigenvalue weighted by molar-refractivity contribution is -0.0820. The second-order valence-corrected chi connectivity index (χ2v) is 4.85. The van der Waals surface area contributed by atoms with Crippen molar-refractivity contribution in [2.75, 3.05) is 18.5 Å². The third-order valence-electron chi connectivity index (χ3n) is 3.08. The van der Waals surface area contributed by atoms with Crippen molar-refractivity contribution in [3.63, 3.8) is 0 Å². The zero-order valence-electron chi connectivity index (χ0n) is 11.6. The van der Waals surface area contributed by atoms with Gasteiger partial charge in [0.1, 0.15) is 18.0 Å². The summed E-state index contributed by atoms with van der Waals surface area (Å²) in [5.74, 6) is -1.47. The Bertz CT molecular complexity index is 511. The maximum Gasteiger partial charge on any atom is 0.335 e. The Labute approximate surface area is 126 Å². The quantitative estimate of drug-likeness (QED) is 0.267. The third kappa shape index (κ3) is 4.83. The van der Waals surface area contributed by atoms with E-state index in [2.05, 4.69) is 5.32 Å². The summed E-state index contributed by atoms with van der Waals surface area (Å²) in [6.07, 6.45) is -4.66. The van der Waals surface area contributed by atoms with Gasteiger partial charge in [0.15, 0.2) is 0 Å². The summed E-state index contributed by atoms with van der Waals surface area (Å²) in [5.41, 5.74) is 5.78. The molecule has 0 aliphatic carbocycles. The maximum atomic E-state index is 10.9. The number of phenols is 1. The van der Waals surface area contributed by atoms with E-state index in [1.807, 2.05) is 0 Å². The molecule has 0 saturated heterocycles. The molecule has 0 heterocycles. The minimum absolute atomic E-state index is 0.0705. The molecule has 1 aromatic carbocycles.